The van der Waals surface area contributed by atoms with Gasteiger partial charge < -0.3 is 10.1 Å². The molecule has 1 saturated carbocycles. The van der Waals surface area contributed by atoms with Gasteiger partial charge in [-0.15, -0.1) is 13.2 Å². The molecule has 3 heteroatoms. The molecule has 0 aliphatic heterocycles. The van der Waals surface area contributed by atoms with Crippen molar-refractivity contribution in [1.29, 1.82) is 0 Å². The highest BCUT2D eigenvalue weighted by Crippen LogP contribution is 2.42. The van der Waals surface area contributed by atoms with Gasteiger partial charge in [-0.2, -0.15) is 0 Å². The smallest absolute Gasteiger partial charge is 0.313 e. The Bertz CT molecular complexity index is 288. The summed E-state index contributed by atoms with van der Waals surface area (Å²) in [6.45, 7) is 10.5. The molecule has 0 radical (unpaired) electrons. The number of rotatable bonds is 7. The highest BCUT2D eigenvalue weighted by atomic mass is 16.5. The molecule has 0 aromatic carbocycles. The van der Waals surface area contributed by atoms with E-state index in [1.807, 2.05) is 19.1 Å². The lowest BCUT2D eigenvalue weighted by molar-refractivity contribution is -0.156. The van der Waals surface area contributed by atoms with Crippen molar-refractivity contribution in [2.75, 3.05) is 13.2 Å². The fourth-order valence-electron chi connectivity index (χ4n) is 2.70. The van der Waals surface area contributed by atoms with Crippen LogP contribution in [0.25, 0.3) is 0 Å². The van der Waals surface area contributed by atoms with E-state index in [2.05, 4.69) is 18.5 Å². The third-order valence-corrected chi connectivity index (χ3v) is 3.48. The molecule has 1 aliphatic rings. The molecule has 1 aliphatic carbocycles. The molecule has 0 saturated heterocycles. The zero-order valence-electron chi connectivity index (χ0n) is 10.7. The monoisotopic (exact) mass is 237 g/mol. The molecular weight excluding hydrogens is 214 g/mol. The van der Waals surface area contributed by atoms with E-state index in [4.69, 9.17) is 4.74 Å². The molecular formula is C14H23NO2. The van der Waals surface area contributed by atoms with Crippen molar-refractivity contribution in [3.05, 3.63) is 25.3 Å². The highest BCUT2D eigenvalue weighted by molar-refractivity contribution is 5.78. The van der Waals surface area contributed by atoms with E-state index in [0.29, 0.717) is 13.0 Å². The van der Waals surface area contributed by atoms with Gasteiger partial charge in [0.05, 0.1) is 12.0 Å². The van der Waals surface area contributed by atoms with Crippen molar-refractivity contribution in [3.8, 4) is 0 Å². The van der Waals surface area contributed by atoms with Gasteiger partial charge in [-0.3, -0.25) is 4.79 Å². The van der Waals surface area contributed by atoms with Gasteiger partial charge in [-0.1, -0.05) is 18.6 Å². The summed E-state index contributed by atoms with van der Waals surface area (Å²) in [7, 11) is 0. The Morgan fingerprint density at radius 3 is 2.88 bits per heavy atom. The highest BCUT2D eigenvalue weighted by Gasteiger charge is 2.48. The lowest BCUT2D eigenvalue weighted by Gasteiger charge is -2.32. The maximum absolute atomic E-state index is 12.2. The van der Waals surface area contributed by atoms with Crippen molar-refractivity contribution in [1.82, 2.24) is 5.32 Å². The van der Waals surface area contributed by atoms with E-state index in [-0.39, 0.29) is 12.0 Å². The van der Waals surface area contributed by atoms with E-state index in [0.717, 1.165) is 25.8 Å². The molecule has 1 fully saturated rings. The summed E-state index contributed by atoms with van der Waals surface area (Å²) >= 11 is 0. The first-order valence-electron chi connectivity index (χ1n) is 6.33. The Kier molecular flexibility index (Phi) is 5.42. The molecule has 0 unspecified atom stereocenters. The van der Waals surface area contributed by atoms with Gasteiger partial charge in [0.2, 0.25) is 0 Å². The predicted molar refractivity (Wildman–Crippen MR) is 69.7 cm³/mol. The van der Waals surface area contributed by atoms with Crippen LogP contribution in [0.5, 0.6) is 0 Å². The fraction of sp³-hybridized carbons (Fsp3) is 0.643. The quantitative estimate of drug-likeness (QED) is 0.546. The van der Waals surface area contributed by atoms with Gasteiger partial charge in [0.1, 0.15) is 0 Å². The maximum atomic E-state index is 12.2. The normalized spacial score (nSPS) is 27.7. The number of hydrogen-bond donors (Lipinski definition) is 1. The van der Waals surface area contributed by atoms with E-state index in [9.17, 15) is 4.79 Å². The van der Waals surface area contributed by atoms with Crippen LogP contribution in [0.2, 0.25) is 0 Å². The molecule has 3 nitrogen and oxygen atoms in total. The Labute approximate surface area is 104 Å². The summed E-state index contributed by atoms with van der Waals surface area (Å²) in [5.74, 6) is -0.0843. The number of carbonyl (C=O) groups excluding carboxylic acids is 1. The van der Waals surface area contributed by atoms with Gasteiger partial charge in [0, 0.05) is 12.6 Å². The van der Waals surface area contributed by atoms with Crippen molar-refractivity contribution < 1.29 is 9.53 Å². The zero-order valence-corrected chi connectivity index (χ0v) is 10.7. The van der Waals surface area contributed by atoms with Gasteiger partial charge in [-0.25, -0.2) is 0 Å². The molecule has 17 heavy (non-hydrogen) atoms. The van der Waals surface area contributed by atoms with Gasteiger partial charge in [-0.05, 0) is 26.2 Å². The van der Waals surface area contributed by atoms with Crippen LogP contribution < -0.4 is 5.32 Å². The Morgan fingerprint density at radius 1 is 1.53 bits per heavy atom. The van der Waals surface area contributed by atoms with Crippen molar-refractivity contribution >= 4 is 5.97 Å². The fourth-order valence-corrected chi connectivity index (χ4v) is 2.70. The van der Waals surface area contributed by atoms with Crippen LogP contribution in [0.1, 0.15) is 32.6 Å². The van der Waals surface area contributed by atoms with E-state index in [1.54, 1.807) is 0 Å². The number of ether oxygens (including phenoxy) is 1. The summed E-state index contributed by atoms with van der Waals surface area (Å²) < 4.78 is 5.24. The first-order chi connectivity index (χ1) is 8.21. The summed E-state index contributed by atoms with van der Waals surface area (Å²) in [6, 6.07) is 0.178. The molecule has 0 aromatic rings. The van der Waals surface area contributed by atoms with Crippen molar-refractivity contribution in [2.45, 2.75) is 38.6 Å². The first-order valence-corrected chi connectivity index (χ1v) is 6.33. The predicted octanol–water partition coefficient (Wildman–Crippen LogP) is 2.44. The molecule has 0 bridgehead atoms. The molecule has 1 N–H and O–H groups in total. The van der Waals surface area contributed by atoms with Gasteiger partial charge in [0.25, 0.3) is 0 Å². The van der Waals surface area contributed by atoms with Crippen LogP contribution in [-0.2, 0) is 9.53 Å². The molecule has 0 aromatic heterocycles. The number of carbonyl (C=O) groups is 1. The minimum atomic E-state index is -0.416. The number of hydrogen-bond acceptors (Lipinski definition) is 3. The van der Waals surface area contributed by atoms with E-state index >= 15 is 0 Å². The summed E-state index contributed by atoms with van der Waals surface area (Å²) in [4.78, 5) is 12.2. The Balaban J connectivity index is 2.83. The molecule has 0 amide bonds. The van der Waals surface area contributed by atoms with Crippen LogP contribution >= 0.6 is 0 Å². The van der Waals surface area contributed by atoms with Gasteiger partial charge in [0.15, 0.2) is 0 Å². The van der Waals surface area contributed by atoms with Crippen LogP contribution in [0, 0.1) is 5.41 Å². The Morgan fingerprint density at radius 2 is 2.29 bits per heavy atom. The number of nitrogens with one attached hydrogen (secondary N) is 1. The van der Waals surface area contributed by atoms with E-state index < -0.39 is 5.41 Å². The van der Waals surface area contributed by atoms with Gasteiger partial charge >= 0.3 is 5.97 Å². The molecule has 0 heterocycles. The topological polar surface area (TPSA) is 38.3 Å². The summed E-state index contributed by atoms with van der Waals surface area (Å²) in [6.07, 6.45) is 7.28. The maximum Gasteiger partial charge on any atom is 0.313 e. The van der Waals surface area contributed by atoms with Crippen LogP contribution in [0.4, 0.5) is 0 Å². The SMILES string of the molecule is C=CCN[C@@H]1CCC[C@@]1(CC=C)C(=O)OCC. The standard InChI is InChI=1S/C14H23NO2/c1-4-9-14(13(16)17-6-3)10-7-8-12(14)15-11-5-2/h4-5,12,15H,1-2,6-11H2,3H3/t12-,14-/m1/s1. The Hall–Kier alpha value is -1.09. The van der Waals surface area contributed by atoms with E-state index in [1.165, 1.54) is 0 Å². The van der Waals surface area contributed by atoms with Crippen LogP contribution in [0.3, 0.4) is 0 Å². The average molecular weight is 237 g/mol. The van der Waals surface area contributed by atoms with Crippen molar-refractivity contribution in [2.24, 2.45) is 5.41 Å². The molecule has 0 spiro atoms. The van der Waals surface area contributed by atoms with Crippen molar-refractivity contribution in [3.63, 3.8) is 0 Å². The van der Waals surface area contributed by atoms with Crippen LogP contribution in [0.15, 0.2) is 25.3 Å². The first kappa shape index (κ1) is 14.0. The second-order valence-corrected chi connectivity index (χ2v) is 4.51. The largest absolute Gasteiger partial charge is 0.466 e. The van der Waals surface area contributed by atoms with Crippen LogP contribution in [-0.4, -0.2) is 25.2 Å². The zero-order chi connectivity index (χ0) is 12.7. The average Bonchev–Trinajstić information content (AvgIpc) is 2.71. The second kappa shape index (κ2) is 6.60. The lowest BCUT2D eigenvalue weighted by Crippen LogP contribution is -2.47. The lowest BCUT2D eigenvalue weighted by atomic mass is 9.79. The third kappa shape index (κ3) is 2.97. The minimum Gasteiger partial charge on any atom is -0.466 e. The third-order valence-electron chi connectivity index (χ3n) is 3.48. The number of allylic oxidation sites excluding steroid dienone is 1. The minimum absolute atomic E-state index is 0.0843. The molecule has 2 atom stereocenters. The molecule has 96 valence electrons. The number of esters is 1. The summed E-state index contributed by atoms with van der Waals surface area (Å²) in [5, 5.41) is 3.38. The second-order valence-electron chi connectivity index (χ2n) is 4.51. The summed E-state index contributed by atoms with van der Waals surface area (Å²) in [5.41, 5.74) is -0.416. The molecule has 1 rings (SSSR count).